The molecule has 1 aromatic carbocycles. The summed E-state index contributed by atoms with van der Waals surface area (Å²) in [5, 5.41) is 0. The van der Waals surface area contributed by atoms with Gasteiger partial charge >= 0.3 is 0 Å². The number of nitrogens with zero attached hydrogens (tertiary/aromatic N) is 3. The molecule has 0 N–H and O–H groups in total. The van der Waals surface area contributed by atoms with E-state index in [0.29, 0.717) is 32.6 Å². The van der Waals surface area contributed by atoms with E-state index in [-0.39, 0.29) is 23.7 Å². The molecule has 154 valence electrons. The number of piperazine rings is 1. The Balaban J connectivity index is 1.16. The van der Waals surface area contributed by atoms with Gasteiger partial charge < -0.3 is 14.4 Å². The molecule has 0 radical (unpaired) electrons. The molecule has 4 aliphatic rings. The summed E-state index contributed by atoms with van der Waals surface area (Å²) in [6.45, 7) is 5.99. The summed E-state index contributed by atoms with van der Waals surface area (Å²) in [6.07, 6.45) is 5.48. The molecule has 3 heterocycles. The van der Waals surface area contributed by atoms with Crippen LogP contribution in [0.15, 0.2) is 30.4 Å². The van der Waals surface area contributed by atoms with Crippen molar-refractivity contribution >= 4 is 17.5 Å². The third-order valence-electron chi connectivity index (χ3n) is 6.50. The van der Waals surface area contributed by atoms with Gasteiger partial charge in [0.05, 0.1) is 17.5 Å². The Morgan fingerprint density at radius 2 is 1.55 bits per heavy atom. The monoisotopic (exact) mass is 397 g/mol. The summed E-state index contributed by atoms with van der Waals surface area (Å²) in [6, 6.07) is 6.04. The van der Waals surface area contributed by atoms with Crippen molar-refractivity contribution in [3.8, 4) is 11.5 Å². The quantitative estimate of drug-likeness (QED) is 0.567. The molecule has 7 nitrogen and oxygen atoms in total. The van der Waals surface area contributed by atoms with Gasteiger partial charge in [0.25, 0.3) is 0 Å². The number of rotatable bonds is 4. The summed E-state index contributed by atoms with van der Waals surface area (Å²) in [5.41, 5.74) is 1.09. The van der Waals surface area contributed by atoms with Gasteiger partial charge in [0.15, 0.2) is 11.5 Å². The highest BCUT2D eigenvalue weighted by Gasteiger charge is 2.46. The predicted octanol–water partition coefficient (Wildman–Crippen LogP) is 1.53. The third-order valence-corrected chi connectivity index (χ3v) is 6.50. The molecule has 2 fully saturated rings. The normalized spacial score (nSPS) is 26.8. The molecule has 1 aromatic rings. The second kappa shape index (κ2) is 7.71. The topological polar surface area (TPSA) is 62.3 Å². The number of carbonyl (C=O) groups excluding carboxylic acids is 2. The van der Waals surface area contributed by atoms with E-state index in [4.69, 9.17) is 9.47 Å². The second-order valence-electron chi connectivity index (χ2n) is 8.11. The lowest BCUT2D eigenvalue weighted by atomic mass is 9.85. The molecule has 0 saturated carbocycles. The molecule has 5 rings (SSSR count). The van der Waals surface area contributed by atoms with Gasteiger partial charge in [-0.3, -0.25) is 19.4 Å². The Kier molecular flexibility index (Phi) is 4.91. The van der Waals surface area contributed by atoms with E-state index < -0.39 is 0 Å². The number of carbonyl (C=O) groups is 2. The van der Waals surface area contributed by atoms with Crippen LogP contribution in [0.3, 0.4) is 0 Å². The van der Waals surface area contributed by atoms with Crippen LogP contribution in [-0.4, -0.2) is 74.1 Å². The molecule has 0 aromatic heterocycles. The van der Waals surface area contributed by atoms with Gasteiger partial charge in [0.1, 0.15) is 13.2 Å². The van der Waals surface area contributed by atoms with Crippen molar-refractivity contribution in [3.63, 3.8) is 0 Å². The fourth-order valence-corrected chi connectivity index (χ4v) is 4.85. The minimum Gasteiger partial charge on any atom is -0.486 e. The van der Waals surface area contributed by atoms with Crippen molar-refractivity contribution in [1.82, 2.24) is 9.80 Å². The number of likely N-dealkylation sites (tertiary alicyclic amines) is 1. The fraction of sp³-hybridized carbons (Fsp3) is 0.545. The molecule has 0 spiro atoms. The molecule has 2 atom stereocenters. The predicted molar refractivity (Wildman–Crippen MR) is 108 cm³/mol. The minimum atomic E-state index is -0.129. The van der Waals surface area contributed by atoms with Crippen LogP contribution in [0, 0.1) is 11.8 Å². The smallest absolute Gasteiger partial charge is 0.233 e. The Morgan fingerprint density at radius 3 is 2.28 bits per heavy atom. The Morgan fingerprint density at radius 1 is 0.862 bits per heavy atom. The maximum atomic E-state index is 12.6. The second-order valence-corrected chi connectivity index (χ2v) is 8.11. The van der Waals surface area contributed by atoms with E-state index in [0.717, 1.165) is 49.9 Å². The molecular weight excluding hydrogens is 370 g/mol. The molecule has 2 amide bonds. The first-order valence-electron chi connectivity index (χ1n) is 10.6. The number of fused-ring (bicyclic) bond motifs is 2. The van der Waals surface area contributed by atoms with Gasteiger partial charge in [-0.1, -0.05) is 18.2 Å². The maximum Gasteiger partial charge on any atom is 0.233 e. The van der Waals surface area contributed by atoms with Crippen LogP contribution in [0.1, 0.15) is 12.8 Å². The first kappa shape index (κ1) is 18.5. The van der Waals surface area contributed by atoms with E-state index in [9.17, 15) is 9.59 Å². The number of benzene rings is 1. The molecule has 1 aliphatic carbocycles. The molecule has 3 aliphatic heterocycles. The van der Waals surface area contributed by atoms with Crippen LogP contribution >= 0.6 is 0 Å². The van der Waals surface area contributed by atoms with Gasteiger partial charge in [-0.2, -0.15) is 0 Å². The fourth-order valence-electron chi connectivity index (χ4n) is 4.85. The van der Waals surface area contributed by atoms with E-state index in [1.807, 2.05) is 24.3 Å². The number of imide groups is 1. The van der Waals surface area contributed by atoms with Crippen molar-refractivity contribution in [2.24, 2.45) is 11.8 Å². The van der Waals surface area contributed by atoms with Crippen LogP contribution in [-0.2, 0) is 9.59 Å². The van der Waals surface area contributed by atoms with E-state index >= 15 is 0 Å². The average Bonchev–Trinajstić information content (AvgIpc) is 3.02. The number of para-hydroxylation sites is 1. The lowest BCUT2D eigenvalue weighted by Gasteiger charge is -2.37. The number of amides is 2. The Labute approximate surface area is 170 Å². The third kappa shape index (κ3) is 3.37. The van der Waals surface area contributed by atoms with Crippen molar-refractivity contribution in [2.45, 2.75) is 12.8 Å². The van der Waals surface area contributed by atoms with Crippen molar-refractivity contribution < 1.29 is 19.1 Å². The highest BCUT2D eigenvalue weighted by Crippen LogP contribution is 2.40. The minimum absolute atomic E-state index is 0.0241. The number of ether oxygens (including phenoxy) is 2. The molecule has 2 unspecified atom stereocenters. The summed E-state index contributed by atoms with van der Waals surface area (Å²) in [5.74, 6) is 1.45. The Bertz CT molecular complexity index is 805. The zero-order valence-corrected chi connectivity index (χ0v) is 16.6. The maximum absolute atomic E-state index is 12.6. The van der Waals surface area contributed by atoms with Gasteiger partial charge in [-0.15, -0.1) is 0 Å². The standard InChI is InChI=1S/C22H27N3O4/c26-21-16-4-1-2-5-17(16)22(27)25(21)13-10-23-8-11-24(12-9-23)18-6-3-7-19-20(18)29-15-14-28-19/h1-3,6-7,16-17H,4-5,8-15H2. The molecular formula is C22H27N3O4. The molecule has 2 saturated heterocycles. The highest BCUT2D eigenvalue weighted by molar-refractivity contribution is 6.05. The summed E-state index contributed by atoms with van der Waals surface area (Å²) < 4.78 is 11.5. The van der Waals surface area contributed by atoms with Crippen LogP contribution in [0.2, 0.25) is 0 Å². The van der Waals surface area contributed by atoms with Crippen LogP contribution in [0.4, 0.5) is 5.69 Å². The molecule has 0 bridgehead atoms. The van der Waals surface area contributed by atoms with Crippen molar-refractivity contribution in [1.29, 1.82) is 0 Å². The lowest BCUT2D eigenvalue weighted by Crippen LogP contribution is -2.49. The number of hydrogen-bond acceptors (Lipinski definition) is 6. The number of allylic oxidation sites excluding steroid dienone is 2. The lowest BCUT2D eigenvalue weighted by molar-refractivity contribution is -0.140. The van der Waals surface area contributed by atoms with Gasteiger partial charge in [-0.05, 0) is 25.0 Å². The van der Waals surface area contributed by atoms with Crippen molar-refractivity contribution in [3.05, 3.63) is 30.4 Å². The first-order chi connectivity index (χ1) is 14.2. The van der Waals surface area contributed by atoms with Crippen LogP contribution in [0.5, 0.6) is 11.5 Å². The van der Waals surface area contributed by atoms with E-state index in [2.05, 4.69) is 15.9 Å². The zero-order chi connectivity index (χ0) is 19.8. The van der Waals surface area contributed by atoms with Gasteiger partial charge in [0, 0.05) is 39.3 Å². The van der Waals surface area contributed by atoms with Crippen molar-refractivity contribution in [2.75, 3.05) is 57.4 Å². The first-order valence-corrected chi connectivity index (χ1v) is 10.6. The number of hydrogen-bond donors (Lipinski definition) is 0. The summed E-state index contributed by atoms with van der Waals surface area (Å²) >= 11 is 0. The zero-order valence-electron chi connectivity index (χ0n) is 16.6. The number of anilines is 1. The summed E-state index contributed by atoms with van der Waals surface area (Å²) in [7, 11) is 0. The van der Waals surface area contributed by atoms with E-state index in [1.54, 1.807) is 0 Å². The molecule has 7 heteroatoms. The largest absolute Gasteiger partial charge is 0.486 e. The summed E-state index contributed by atoms with van der Waals surface area (Å²) in [4.78, 5) is 31.4. The van der Waals surface area contributed by atoms with E-state index in [1.165, 1.54) is 4.90 Å². The van der Waals surface area contributed by atoms with Gasteiger partial charge in [-0.25, -0.2) is 0 Å². The van der Waals surface area contributed by atoms with Gasteiger partial charge in [0.2, 0.25) is 11.8 Å². The average molecular weight is 397 g/mol. The highest BCUT2D eigenvalue weighted by atomic mass is 16.6. The van der Waals surface area contributed by atoms with Crippen LogP contribution in [0.25, 0.3) is 0 Å². The Hall–Kier alpha value is -2.54. The SMILES string of the molecule is O=C1C2CC=CCC2C(=O)N1CCN1CCN(c2cccc3c2OCCO3)CC1. The van der Waals surface area contributed by atoms with Crippen LogP contribution < -0.4 is 14.4 Å². The molecule has 29 heavy (non-hydrogen) atoms.